The summed E-state index contributed by atoms with van der Waals surface area (Å²) < 4.78 is 24.0. The molecule has 9 heteroatoms. The van der Waals surface area contributed by atoms with Gasteiger partial charge in [-0.1, -0.05) is 12.1 Å². The minimum absolute atomic E-state index is 0.120. The van der Waals surface area contributed by atoms with Crippen molar-refractivity contribution in [1.82, 2.24) is 20.2 Å². The molecule has 1 aromatic carbocycles. The van der Waals surface area contributed by atoms with Crippen LogP contribution < -0.4 is 0 Å². The van der Waals surface area contributed by atoms with Gasteiger partial charge in [0.1, 0.15) is 6.54 Å². The van der Waals surface area contributed by atoms with Gasteiger partial charge in [0.15, 0.2) is 15.7 Å². The molecule has 100 valence electrons. The number of tetrazole rings is 1. The molecule has 19 heavy (non-hydrogen) atoms. The fourth-order valence-corrected chi connectivity index (χ4v) is 2.18. The van der Waals surface area contributed by atoms with E-state index in [2.05, 4.69) is 15.5 Å². The predicted molar refractivity (Wildman–Crippen MR) is 64.0 cm³/mol. The standard InChI is InChI=1S/C10H10N4O4S/c1-19(17,18)8-4-2-3-7(5-8)10-11-12-13-14(10)6-9(15)16/h2-5H,6H2,1H3,(H,15,16). The molecule has 0 unspecified atom stereocenters. The van der Waals surface area contributed by atoms with E-state index in [0.29, 0.717) is 5.56 Å². The van der Waals surface area contributed by atoms with Crippen LogP contribution in [0.3, 0.4) is 0 Å². The van der Waals surface area contributed by atoms with Gasteiger partial charge in [-0.25, -0.2) is 13.1 Å². The van der Waals surface area contributed by atoms with Gasteiger partial charge in [0, 0.05) is 11.8 Å². The van der Waals surface area contributed by atoms with Gasteiger partial charge in [-0.15, -0.1) is 5.10 Å². The molecular formula is C10H10N4O4S. The number of aromatic nitrogens is 4. The lowest BCUT2D eigenvalue weighted by Crippen LogP contribution is -2.11. The first-order chi connectivity index (χ1) is 8.88. The van der Waals surface area contributed by atoms with E-state index in [0.717, 1.165) is 10.9 Å². The fraction of sp³-hybridized carbons (Fsp3) is 0.200. The molecule has 0 saturated heterocycles. The molecule has 1 aromatic heterocycles. The molecule has 0 radical (unpaired) electrons. The minimum atomic E-state index is -3.35. The Balaban J connectivity index is 2.48. The molecule has 0 aliphatic rings. The van der Waals surface area contributed by atoms with Crippen molar-refractivity contribution < 1.29 is 18.3 Å². The summed E-state index contributed by atoms with van der Waals surface area (Å²) in [7, 11) is -3.35. The Morgan fingerprint density at radius 1 is 1.42 bits per heavy atom. The van der Waals surface area contributed by atoms with Crippen molar-refractivity contribution in [2.24, 2.45) is 0 Å². The first-order valence-corrected chi connectivity index (χ1v) is 7.05. The SMILES string of the molecule is CS(=O)(=O)c1cccc(-c2nnnn2CC(=O)O)c1. The molecule has 2 aromatic rings. The Morgan fingerprint density at radius 3 is 2.79 bits per heavy atom. The topological polar surface area (TPSA) is 115 Å². The average Bonchev–Trinajstić information content (AvgIpc) is 2.75. The van der Waals surface area contributed by atoms with Crippen LogP contribution in [0, 0.1) is 0 Å². The number of nitrogens with zero attached hydrogens (tertiary/aromatic N) is 4. The van der Waals surface area contributed by atoms with Gasteiger partial charge in [-0.05, 0) is 22.6 Å². The van der Waals surface area contributed by atoms with Crippen LogP contribution in [0.5, 0.6) is 0 Å². The minimum Gasteiger partial charge on any atom is -0.480 e. The molecule has 1 heterocycles. The highest BCUT2D eigenvalue weighted by atomic mass is 32.2. The van der Waals surface area contributed by atoms with Crippen molar-refractivity contribution in [3.8, 4) is 11.4 Å². The summed E-state index contributed by atoms with van der Waals surface area (Å²) >= 11 is 0. The predicted octanol–water partition coefficient (Wildman–Crippen LogP) is -0.172. The number of hydrogen-bond acceptors (Lipinski definition) is 6. The highest BCUT2D eigenvalue weighted by Gasteiger charge is 2.14. The number of aliphatic carboxylic acids is 1. The molecule has 0 amide bonds. The van der Waals surface area contributed by atoms with Gasteiger partial charge in [-0.3, -0.25) is 4.79 Å². The number of carboxylic acid groups (broad SMARTS) is 1. The molecule has 0 atom stereocenters. The summed E-state index contributed by atoms with van der Waals surface area (Å²) in [5, 5.41) is 19.4. The number of rotatable bonds is 4. The first kappa shape index (κ1) is 13.1. The highest BCUT2D eigenvalue weighted by molar-refractivity contribution is 7.90. The summed E-state index contributed by atoms with van der Waals surface area (Å²) in [6.45, 7) is -0.397. The van der Waals surface area contributed by atoms with Crippen molar-refractivity contribution in [2.45, 2.75) is 11.4 Å². The fourth-order valence-electron chi connectivity index (χ4n) is 1.51. The Hall–Kier alpha value is -2.29. The zero-order valence-corrected chi connectivity index (χ0v) is 10.7. The van der Waals surface area contributed by atoms with Gasteiger partial charge in [0.2, 0.25) is 0 Å². The molecule has 0 aliphatic heterocycles. The second-order valence-corrected chi connectivity index (χ2v) is 5.87. The largest absolute Gasteiger partial charge is 0.480 e. The molecular weight excluding hydrogens is 272 g/mol. The summed E-state index contributed by atoms with van der Waals surface area (Å²) in [5.74, 6) is -0.888. The number of sulfone groups is 1. The Labute approximate surface area is 108 Å². The van der Waals surface area contributed by atoms with E-state index in [4.69, 9.17) is 5.11 Å². The number of benzene rings is 1. The number of carbonyl (C=O) groups is 1. The van der Waals surface area contributed by atoms with E-state index in [1.54, 1.807) is 12.1 Å². The third kappa shape index (κ3) is 2.94. The van der Waals surface area contributed by atoms with Gasteiger partial charge in [0.25, 0.3) is 0 Å². The van der Waals surface area contributed by atoms with E-state index in [9.17, 15) is 13.2 Å². The third-order valence-corrected chi connectivity index (χ3v) is 3.45. The molecule has 0 saturated carbocycles. The molecule has 0 bridgehead atoms. The molecule has 0 aliphatic carbocycles. The van der Waals surface area contributed by atoms with Crippen molar-refractivity contribution in [3.63, 3.8) is 0 Å². The zero-order chi connectivity index (χ0) is 14.0. The van der Waals surface area contributed by atoms with Gasteiger partial charge in [0.05, 0.1) is 4.90 Å². The molecule has 1 N–H and O–H groups in total. The third-order valence-electron chi connectivity index (χ3n) is 2.34. The van der Waals surface area contributed by atoms with Crippen LogP contribution in [-0.2, 0) is 21.2 Å². The Morgan fingerprint density at radius 2 is 2.16 bits per heavy atom. The maximum absolute atomic E-state index is 11.5. The van der Waals surface area contributed by atoms with Crippen LogP contribution in [0.1, 0.15) is 0 Å². The van der Waals surface area contributed by atoms with E-state index in [-0.39, 0.29) is 10.7 Å². The molecule has 8 nitrogen and oxygen atoms in total. The van der Waals surface area contributed by atoms with Crippen LogP contribution in [0.15, 0.2) is 29.2 Å². The van der Waals surface area contributed by atoms with E-state index < -0.39 is 22.4 Å². The number of carboxylic acids is 1. The maximum Gasteiger partial charge on any atom is 0.325 e. The van der Waals surface area contributed by atoms with Crippen LogP contribution >= 0.6 is 0 Å². The van der Waals surface area contributed by atoms with Crippen molar-refractivity contribution in [1.29, 1.82) is 0 Å². The monoisotopic (exact) mass is 282 g/mol. The van der Waals surface area contributed by atoms with E-state index in [1.165, 1.54) is 12.1 Å². The van der Waals surface area contributed by atoms with Gasteiger partial charge >= 0.3 is 5.97 Å². The van der Waals surface area contributed by atoms with Gasteiger partial charge < -0.3 is 5.11 Å². The zero-order valence-electron chi connectivity index (χ0n) is 9.89. The van der Waals surface area contributed by atoms with Crippen molar-refractivity contribution in [3.05, 3.63) is 24.3 Å². The summed E-state index contributed by atoms with van der Waals surface area (Å²) in [4.78, 5) is 10.8. The normalized spacial score (nSPS) is 11.4. The van der Waals surface area contributed by atoms with Crippen molar-refractivity contribution in [2.75, 3.05) is 6.26 Å². The lowest BCUT2D eigenvalue weighted by atomic mass is 10.2. The molecule has 0 fully saturated rings. The van der Waals surface area contributed by atoms with Crippen molar-refractivity contribution >= 4 is 15.8 Å². The Bertz CT molecular complexity index is 723. The van der Waals surface area contributed by atoms with Gasteiger partial charge in [-0.2, -0.15) is 0 Å². The summed E-state index contributed by atoms with van der Waals surface area (Å²) in [5.41, 5.74) is 0.439. The first-order valence-electron chi connectivity index (χ1n) is 5.16. The van der Waals surface area contributed by atoms with E-state index >= 15 is 0 Å². The second kappa shape index (κ2) is 4.76. The van der Waals surface area contributed by atoms with Crippen LogP contribution in [0.4, 0.5) is 0 Å². The Kier molecular flexibility index (Phi) is 3.30. The highest BCUT2D eigenvalue weighted by Crippen LogP contribution is 2.19. The van der Waals surface area contributed by atoms with Crippen LogP contribution in [0.2, 0.25) is 0 Å². The second-order valence-electron chi connectivity index (χ2n) is 3.85. The number of hydrogen-bond donors (Lipinski definition) is 1. The van der Waals surface area contributed by atoms with Crippen LogP contribution in [0.25, 0.3) is 11.4 Å². The lowest BCUT2D eigenvalue weighted by Gasteiger charge is -2.03. The van der Waals surface area contributed by atoms with E-state index in [1.807, 2.05) is 0 Å². The summed E-state index contributed by atoms with van der Waals surface area (Å²) in [6.07, 6.45) is 1.09. The maximum atomic E-state index is 11.5. The quantitative estimate of drug-likeness (QED) is 0.827. The molecule has 0 spiro atoms. The summed E-state index contributed by atoms with van der Waals surface area (Å²) in [6, 6.07) is 6.01. The lowest BCUT2D eigenvalue weighted by molar-refractivity contribution is -0.137. The average molecular weight is 282 g/mol. The smallest absolute Gasteiger partial charge is 0.325 e. The molecule has 2 rings (SSSR count). The van der Waals surface area contributed by atoms with Crippen LogP contribution in [-0.4, -0.2) is 46.0 Å².